The van der Waals surface area contributed by atoms with Crippen LogP contribution in [0.2, 0.25) is 0 Å². The molecule has 0 spiro atoms. The van der Waals surface area contributed by atoms with Crippen molar-refractivity contribution in [2.75, 3.05) is 20.3 Å². The van der Waals surface area contributed by atoms with Gasteiger partial charge < -0.3 is 19.8 Å². The Labute approximate surface area is 152 Å². The maximum Gasteiger partial charge on any atom is 0.253 e. The largest absolute Gasteiger partial charge is 0.475 e. The highest BCUT2D eigenvalue weighted by atomic mass is 16.5. The molecule has 3 rings (SSSR count). The van der Waals surface area contributed by atoms with Crippen molar-refractivity contribution >= 4 is 16.8 Å². The summed E-state index contributed by atoms with van der Waals surface area (Å²) in [5.41, 5.74) is 4.67. The number of fused-ring (bicyclic) bond motifs is 1. The van der Waals surface area contributed by atoms with Gasteiger partial charge in [-0.3, -0.25) is 4.79 Å². The second-order valence-electron chi connectivity index (χ2n) is 6.13. The number of amides is 1. The summed E-state index contributed by atoms with van der Waals surface area (Å²) >= 11 is 0. The lowest BCUT2D eigenvalue weighted by atomic mass is 10.1. The summed E-state index contributed by atoms with van der Waals surface area (Å²) in [6.07, 6.45) is 1.70. The normalized spacial score (nSPS) is 10.9. The average molecular weight is 353 g/mol. The standard InChI is InChI=1S/C20H23N3O3/c1-13-14(2)23-19-16(13)5-4-6-17(19)20(24)22-12-15-7-8-18(21-11-15)26-10-9-25-3/h4-8,11,23H,9-10,12H2,1-3H3,(H,22,24). The lowest BCUT2D eigenvalue weighted by Crippen LogP contribution is -2.23. The Kier molecular flexibility index (Phi) is 5.53. The van der Waals surface area contributed by atoms with Crippen molar-refractivity contribution in [2.45, 2.75) is 20.4 Å². The summed E-state index contributed by atoms with van der Waals surface area (Å²) in [7, 11) is 1.62. The van der Waals surface area contributed by atoms with Crippen LogP contribution in [0.25, 0.3) is 10.9 Å². The number of hydrogen-bond donors (Lipinski definition) is 2. The third kappa shape index (κ3) is 3.86. The van der Waals surface area contributed by atoms with Gasteiger partial charge in [-0.25, -0.2) is 4.98 Å². The maximum atomic E-state index is 12.6. The molecule has 1 aromatic carbocycles. The molecule has 0 saturated carbocycles. The molecule has 2 heterocycles. The summed E-state index contributed by atoms with van der Waals surface area (Å²) in [6, 6.07) is 9.44. The topological polar surface area (TPSA) is 76.2 Å². The number of rotatable bonds is 7. The van der Waals surface area contributed by atoms with Gasteiger partial charge >= 0.3 is 0 Å². The maximum absolute atomic E-state index is 12.6. The van der Waals surface area contributed by atoms with Crippen molar-refractivity contribution in [3.63, 3.8) is 0 Å². The number of H-pyrrole nitrogens is 1. The lowest BCUT2D eigenvalue weighted by molar-refractivity contribution is 0.0952. The predicted octanol–water partition coefficient (Wildman–Crippen LogP) is 3.13. The molecule has 2 aromatic heterocycles. The van der Waals surface area contributed by atoms with Gasteiger partial charge in [0.1, 0.15) is 6.61 Å². The van der Waals surface area contributed by atoms with Crippen LogP contribution in [0, 0.1) is 13.8 Å². The number of carbonyl (C=O) groups excluding carboxylic acids is 1. The Morgan fingerprint density at radius 3 is 2.77 bits per heavy atom. The van der Waals surface area contributed by atoms with E-state index in [1.165, 1.54) is 5.56 Å². The first-order chi connectivity index (χ1) is 12.6. The monoisotopic (exact) mass is 353 g/mol. The number of methoxy groups -OCH3 is 1. The molecule has 6 heteroatoms. The van der Waals surface area contributed by atoms with E-state index in [-0.39, 0.29) is 5.91 Å². The smallest absolute Gasteiger partial charge is 0.253 e. The van der Waals surface area contributed by atoms with E-state index in [4.69, 9.17) is 9.47 Å². The fourth-order valence-electron chi connectivity index (χ4n) is 2.78. The molecule has 0 fully saturated rings. The number of aromatic nitrogens is 2. The molecule has 0 aliphatic rings. The molecule has 1 amide bonds. The van der Waals surface area contributed by atoms with E-state index in [2.05, 4.69) is 22.2 Å². The molecule has 6 nitrogen and oxygen atoms in total. The molecule has 0 aliphatic heterocycles. The van der Waals surface area contributed by atoms with Gasteiger partial charge in [0.25, 0.3) is 5.91 Å². The van der Waals surface area contributed by atoms with Crippen molar-refractivity contribution in [1.29, 1.82) is 0 Å². The van der Waals surface area contributed by atoms with Crippen LogP contribution in [0.15, 0.2) is 36.5 Å². The number of carbonyl (C=O) groups is 1. The molecule has 26 heavy (non-hydrogen) atoms. The van der Waals surface area contributed by atoms with Crippen molar-refractivity contribution < 1.29 is 14.3 Å². The van der Waals surface area contributed by atoms with Crippen LogP contribution < -0.4 is 10.1 Å². The van der Waals surface area contributed by atoms with E-state index in [0.717, 1.165) is 22.2 Å². The Morgan fingerprint density at radius 2 is 2.04 bits per heavy atom. The van der Waals surface area contributed by atoms with Crippen LogP contribution in [-0.2, 0) is 11.3 Å². The number of para-hydroxylation sites is 1. The third-order valence-corrected chi connectivity index (χ3v) is 4.38. The van der Waals surface area contributed by atoms with Gasteiger partial charge in [0.05, 0.1) is 17.7 Å². The van der Waals surface area contributed by atoms with E-state index < -0.39 is 0 Å². The Bertz CT molecular complexity index is 901. The lowest BCUT2D eigenvalue weighted by Gasteiger charge is -2.08. The Morgan fingerprint density at radius 1 is 1.19 bits per heavy atom. The molecule has 0 saturated heterocycles. The second-order valence-corrected chi connectivity index (χ2v) is 6.13. The Hall–Kier alpha value is -2.86. The van der Waals surface area contributed by atoms with Gasteiger partial charge in [0.2, 0.25) is 5.88 Å². The van der Waals surface area contributed by atoms with E-state index >= 15 is 0 Å². The predicted molar refractivity (Wildman–Crippen MR) is 101 cm³/mol. The summed E-state index contributed by atoms with van der Waals surface area (Å²) in [4.78, 5) is 20.1. The fraction of sp³-hybridized carbons (Fsp3) is 0.300. The number of aryl methyl sites for hydroxylation is 2. The van der Waals surface area contributed by atoms with Gasteiger partial charge in [0.15, 0.2) is 0 Å². The minimum atomic E-state index is -0.114. The number of nitrogens with zero attached hydrogens (tertiary/aromatic N) is 1. The van der Waals surface area contributed by atoms with E-state index in [1.54, 1.807) is 19.4 Å². The minimum absolute atomic E-state index is 0.114. The van der Waals surface area contributed by atoms with Crippen LogP contribution in [0.5, 0.6) is 5.88 Å². The molecule has 3 aromatic rings. The van der Waals surface area contributed by atoms with Crippen LogP contribution in [0.3, 0.4) is 0 Å². The zero-order valence-corrected chi connectivity index (χ0v) is 15.3. The first kappa shape index (κ1) is 17.9. The van der Waals surface area contributed by atoms with E-state index in [1.807, 2.05) is 31.2 Å². The summed E-state index contributed by atoms with van der Waals surface area (Å²) in [5.74, 6) is 0.427. The molecular weight excluding hydrogens is 330 g/mol. The van der Waals surface area contributed by atoms with Crippen LogP contribution >= 0.6 is 0 Å². The molecule has 0 radical (unpaired) electrons. The van der Waals surface area contributed by atoms with E-state index in [9.17, 15) is 4.79 Å². The van der Waals surface area contributed by atoms with Crippen LogP contribution in [-0.4, -0.2) is 36.2 Å². The highest BCUT2D eigenvalue weighted by molar-refractivity contribution is 6.06. The molecule has 0 aliphatic carbocycles. The van der Waals surface area contributed by atoms with Crippen molar-refractivity contribution in [3.05, 3.63) is 58.9 Å². The summed E-state index contributed by atoms with van der Waals surface area (Å²) in [6.45, 7) is 5.44. The van der Waals surface area contributed by atoms with Crippen molar-refractivity contribution in [2.24, 2.45) is 0 Å². The van der Waals surface area contributed by atoms with Gasteiger partial charge in [-0.2, -0.15) is 0 Å². The van der Waals surface area contributed by atoms with Gasteiger partial charge in [-0.1, -0.05) is 18.2 Å². The van der Waals surface area contributed by atoms with E-state index in [0.29, 0.717) is 31.2 Å². The Balaban J connectivity index is 1.65. The number of aromatic amines is 1. The first-order valence-electron chi connectivity index (χ1n) is 8.53. The highest BCUT2D eigenvalue weighted by Crippen LogP contribution is 2.24. The third-order valence-electron chi connectivity index (χ3n) is 4.38. The highest BCUT2D eigenvalue weighted by Gasteiger charge is 2.13. The number of hydrogen-bond acceptors (Lipinski definition) is 4. The number of ether oxygens (including phenoxy) is 2. The average Bonchev–Trinajstić information content (AvgIpc) is 2.95. The summed E-state index contributed by atoms with van der Waals surface area (Å²) < 4.78 is 10.4. The number of nitrogens with one attached hydrogen (secondary N) is 2. The fourth-order valence-corrected chi connectivity index (χ4v) is 2.78. The zero-order chi connectivity index (χ0) is 18.5. The summed E-state index contributed by atoms with van der Waals surface area (Å²) in [5, 5.41) is 4.03. The zero-order valence-electron chi connectivity index (χ0n) is 15.3. The van der Waals surface area contributed by atoms with Crippen molar-refractivity contribution in [3.8, 4) is 5.88 Å². The number of pyridine rings is 1. The SMILES string of the molecule is COCCOc1ccc(CNC(=O)c2cccc3c(C)c(C)[nH]c23)cn1. The van der Waals surface area contributed by atoms with Gasteiger partial charge in [-0.05, 0) is 31.0 Å². The van der Waals surface area contributed by atoms with Crippen LogP contribution in [0.1, 0.15) is 27.2 Å². The first-order valence-corrected chi connectivity index (χ1v) is 8.53. The second kappa shape index (κ2) is 8.01. The molecule has 0 bridgehead atoms. The molecular formula is C20H23N3O3. The van der Waals surface area contributed by atoms with Crippen molar-refractivity contribution in [1.82, 2.24) is 15.3 Å². The quantitative estimate of drug-likeness (QED) is 0.640. The van der Waals surface area contributed by atoms with Gasteiger partial charge in [-0.15, -0.1) is 0 Å². The molecule has 136 valence electrons. The van der Waals surface area contributed by atoms with Crippen LogP contribution in [0.4, 0.5) is 0 Å². The molecule has 2 N–H and O–H groups in total. The number of benzene rings is 1. The minimum Gasteiger partial charge on any atom is -0.475 e. The molecule has 0 unspecified atom stereocenters. The molecule has 0 atom stereocenters. The van der Waals surface area contributed by atoms with Gasteiger partial charge in [0, 0.05) is 37.0 Å².